The molecule has 0 saturated carbocycles. The molecule has 7 nitrogen and oxygen atoms in total. The Balaban J connectivity index is 1.52. The molecular formula is C22H21N5O2S. The summed E-state index contributed by atoms with van der Waals surface area (Å²) >= 11 is 0. The molecule has 4 aromatic rings. The van der Waals surface area contributed by atoms with Gasteiger partial charge in [-0.25, -0.2) is 18.7 Å². The van der Waals surface area contributed by atoms with Crippen molar-refractivity contribution >= 4 is 32.2 Å². The van der Waals surface area contributed by atoms with Gasteiger partial charge in [0.15, 0.2) is 0 Å². The van der Waals surface area contributed by atoms with E-state index < -0.39 is 9.92 Å². The lowest BCUT2D eigenvalue weighted by Gasteiger charge is -2.13. The summed E-state index contributed by atoms with van der Waals surface area (Å²) in [5.41, 5.74) is 3.30. The summed E-state index contributed by atoms with van der Waals surface area (Å²) in [7, 11) is -1.54. The number of hydrogen-bond donors (Lipinski definition) is 3. The SMILES string of the molecule is COc1nccc2c(Nc3ccc(S(=N)(=O)NCc4ccccc4)cc3)ccnc12. The fourth-order valence-corrected chi connectivity index (χ4v) is 4.12. The molecule has 0 aliphatic heterocycles. The van der Waals surface area contributed by atoms with Crippen LogP contribution in [0.1, 0.15) is 5.56 Å². The summed E-state index contributed by atoms with van der Waals surface area (Å²) in [6.45, 7) is 0.363. The van der Waals surface area contributed by atoms with Gasteiger partial charge in [0.05, 0.1) is 12.0 Å². The van der Waals surface area contributed by atoms with Crippen LogP contribution in [0.25, 0.3) is 10.9 Å². The van der Waals surface area contributed by atoms with Crippen LogP contribution in [0.5, 0.6) is 5.88 Å². The van der Waals surface area contributed by atoms with Crippen molar-refractivity contribution in [3.8, 4) is 5.88 Å². The molecule has 1 atom stereocenters. The molecule has 2 aromatic carbocycles. The first kappa shape index (κ1) is 19.8. The van der Waals surface area contributed by atoms with E-state index in [0.717, 1.165) is 22.3 Å². The van der Waals surface area contributed by atoms with E-state index in [2.05, 4.69) is 20.0 Å². The van der Waals surface area contributed by atoms with E-state index in [9.17, 15) is 4.21 Å². The van der Waals surface area contributed by atoms with Crippen LogP contribution in [0.3, 0.4) is 0 Å². The molecule has 2 aromatic heterocycles. The Morgan fingerprint density at radius 3 is 2.43 bits per heavy atom. The van der Waals surface area contributed by atoms with Gasteiger partial charge in [-0.15, -0.1) is 0 Å². The second-order valence-corrected chi connectivity index (χ2v) is 8.46. The molecule has 4 rings (SSSR count). The van der Waals surface area contributed by atoms with E-state index in [1.54, 1.807) is 43.8 Å². The number of hydrogen-bond acceptors (Lipinski definition) is 6. The van der Waals surface area contributed by atoms with Gasteiger partial charge in [-0.3, -0.25) is 4.98 Å². The molecule has 0 aliphatic carbocycles. The second-order valence-electron chi connectivity index (χ2n) is 6.59. The third-order valence-corrected chi connectivity index (χ3v) is 6.09. The number of benzene rings is 2. The van der Waals surface area contributed by atoms with Gasteiger partial charge < -0.3 is 10.1 Å². The number of pyridine rings is 2. The number of fused-ring (bicyclic) bond motifs is 1. The first-order valence-electron chi connectivity index (χ1n) is 9.29. The van der Waals surface area contributed by atoms with Crippen LogP contribution in [-0.2, 0) is 16.5 Å². The number of aromatic nitrogens is 2. The lowest BCUT2D eigenvalue weighted by Crippen LogP contribution is -2.21. The minimum absolute atomic E-state index is 0.363. The molecule has 0 spiro atoms. The van der Waals surface area contributed by atoms with Crippen molar-refractivity contribution in [2.45, 2.75) is 11.4 Å². The summed E-state index contributed by atoms with van der Waals surface area (Å²) < 4.78 is 29.1. The van der Waals surface area contributed by atoms with E-state index in [1.807, 2.05) is 42.5 Å². The third kappa shape index (κ3) is 4.24. The molecular weight excluding hydrogens is 398 g/mol. The van der Waals surface area contributed by atoms with Crippen molar-refractivity contribution in [1.82, 2.24) is 14.7 Å². The zero-order valence-electron chi connectivity index (χ0n) is 16.3. The number of nitrogens with zero attached hydrogens (tertiary/aromatic N) is 2. The smallest absolute Gasteiger partial charge is 0.240 e. The van der Waals surface area contributed by atoms with Gasteiger partial charge in [-0.05, 0) is 42.0 Å². The van der Waals surface area contributed by atoms with Crippen molar-refractivity contribution in [1.29, 1.82) is 4.78 Å². The molecule has 30 heavy (non-hydrogen) atoms. The highest BCUT2D eigenvalue weighted by atomic mass is 32.2. The maximum absolute atomic E-state index is 12.8. The molecule has 0 fully saturated rings. The van der Waals surface area contributed by atoms with Gasteiger partial charge in [-0.2, -0.15) is 0 Å². The highest BCUT2D eigenvalue weighted by molar-refractivity contribution is 7.90. The lowest BCUT2D eigenvalue weighted by molar-refractivity contribution is 0.402. The predicted octanol–water partition coefficient (Wildman–Crippen LogP) is 4.49. The Bertz CT molecular complexity index is 1260. The van der Waals surface area contributed by atoms with Crippen LogP contribution >= 0.6 is 0 Å². The molecule has 0 radical (unpaired) electrons. The van der Waals surface area contributed by atoms with Crippen LogP contribution < -0.4 is 14.8 Å². The average molecular weight is 420 g/mol. The topological polar surface area (TPSA) is 100.0 Å². The molecule has 2 heterocycles. The van der Waals surface area contributed by atoms with E-state index >= 15 is 0 Å². The first-order valence-corrected chi connectivity index (χ1v) is 10.8. The summed E-state index contributed by atoms with van der Waals surface area (Å²) in [6.07, 6.45) is 3.36. The second kappa shape index (κ2) is 8.48. The Morgan fingerprint density at radius 1 is 0.967 bits per heavy atom. The van der Waals surface area contributed by atoms with Gasteiger partial charge in [0, 0.05) is 35.7 Å². The monoisotopic (exact) mass is 419 g/mol. The summed E-state index contributed by atoms with van der Waals surface area (Å²) in [6, 6.07) is 20.3. The third-order valence-electron chi connectivity index (χ3n) is 4.61. The summed E-state index contributed by atoms with van der Waals surface area (Å²) in [5.74, 6) is 0.463. The van der Waals surface area contributed by atoms with E-state index in [0.29, 0.717) is 22.8 Å². The zero-order chi connectivity index (χ0) is 21.0. The standard InChI is InChI=1S/C22H21N5O2S/c1-29-22-21-19(11-13-25-22)20(12-14-24-21)27-17-7-9-18(10-8-17)30(23,28)26-15-16-5-3-2-4-6-16/h2-14H,15H2,1H3,(H,24,27)(H2,23,26,28). The van der Waals surface area contributed by atoms with Crippen molar-refractivity contribution in [3.63, 3.8) is 0 Å². The molecule has 3 N–H and O–H groups in total. The van der Waals surface area contributed by atoms with E-state index in [1.165, 1.54) is 0 Å². The predicted molar refractivity (Wildman–Crippen MR) is 118 cm³/mol. The van der Waals surface area contributed by atoms with Gasteiger partial charge in [0.25, 0.3) is 0 Å². The van der Waals surface area contributed by atoms with Crippen LogP contribution in [-0.4, -0.2) is 21.3 Å². The zero-order valence-corrected chi connectivity index (χ0v) is 17.1. The highest BCUT2D eigenvalue weighted by Crippen LogP contribution is 2.29. The van der Waals surface area contributed by atoms with Gasteiger partial charge >= 0.3 is 0 Å². The van der Waals surface area contributed by atoms with Crippen molar-refractivity contribution < 1.29 is 8.95 Å². The highest BCUT2D eigenvalue weighted by Gasteiger charge is 2.11. The summed E-state index contributed by atoms with van der Waals surface area (Å²) in [4.78, 5) is 8.95. The van der Waals surface area contributed by atoms with Crippen molar-refractivity contribution in [2.75, 3.05) is 12.4 Å². The quantitative estimate of drug-likeness (QED) is 0.410. The van der Waals surface area contributed by atoms with Crippen molar-refractivity contribution in [3.05, 3.63) is 84.7 Å². The molecule has 152 valence electrons. The fraction of sp³-hybridized carbons (Fsp3) is 0.0909. The normalized spacial score (nSPS) is 13.0. The number of methoxy groups -OCH3 is 1. The number of rotatable bonds is 7. The van der Waals surface area contributed by atoms with Crippen LogP contribution in [0, 0.1) is 4.78 Å². The van der Waals surface area contributed by atoms with Crippen molar-refractivity contribution in [2.24, 2.45) is 0 Å². The van der Waals surface area contributed by atoms with Gasteiger partial charge in [-0.1, -0.05) is 30.3 Å². The maximum atomic E-state index is 12.8. The number of nitrogens with one attached hydrogen (secondary N) is 3. The van der Waals surface area contributed by atoms with E-state index in [4.69, 9.17) is 9.52 Å². The number of ether oxygens (including phenoxy) is 1. The lowest BCUT2D eigenvalue weighted by atomic mass is 10.2. The molecule has 8 heteroatoms. The van der Waals surface area contributed by atoms with Crippen LogP contribution in [0.4, 0.5) is 11.4 Å². The number of anilines is 2. The largest absolute Gasteiger partial charge is 0.479 e. The fourth-order valence-electron chi connectivity index (χ4n) is 3.06. The van der Waals surface area contributed by atoms with Crippen LogP contribution in [0.15, 0.2) is 84.0 Å². The summed E-state index contributed by atoms with van der Waals surface area (Å²) in [5, 5.41) is 4.21. The molecule has 0 saturated heterocycles. The minimum atomic E-state index is -3.10. The first-order chi connectivity index (χ1) is 14.6. The van der Waals surface area contributed by atoms with Gasteiger partial charge in [0.1, 0.15) is 15.4 Å². The Hall–Kier alpha value is -3.49. The average Bonchev–Trinajstić information content (AvgIpc) is 2.79. The minimum Gasteiger partial charge on any atom is -0.479 e. The van der Waals surface area contributed by atoms with Gasteiger partial charge in [0.2, 0.25) is 5.88 Å². The molecule has 1 unspecified atom stereocenters. The molecule has 0 amide bonds. The maximum Gasteiger partial charge on any atom is 0.240 e. The van der Waals surface area contributed by atoms with Crippen LogP contribution in [0.2, 0.25) is 0 Å². The molecule has 0 bridgehead atoms. The Labute approximate surface area is 175 Å². The van der Waals surface area contributed by atoms with E-state index in [-0.39, 0.29) is 0 Å². The Kier molecular flexibility index (Phi) is 5.60. The molecule has 0 aliphatic rings. The Morgan fingerprint density at radius 2 is 1.70 bits per heavy atom.